The van der Waals surface area contributed by atoms with Crippen molar-refractivity contribution in [1.82, 2.24) is 16.0 Å². The maximum atomic E-state index is 13.1. The van der Waals surface area contributed by atoms with Gasteiger partial charge in [0.05, 0.1) is 12.1 Å². The van der Waals surface area contributed by atoms with Gasteiger partial charge in [-0.2, -0.15) is 0 Å². The van der Waals surface area contributed by atoms with Gasteiger partial charge in [-0.3, -0.25) is 19.4 Å². The van der Waals surface area contributed by atoms with Crippen LogP contribution in [0.5, 0.6) is 5.75 Å². The van der Waals surface area contributed by atoms with E-state index in [1.165, 1.54) is 38.1 Å². The number of guanidine groups is 1. The number of aliphatic hydroxyl groups excluding tert-OH is 1. The number of carboxylic acids is 1. The topological polar surface area (TPSA) is 255 Å². The predicted octanol–water partition coefficient (Wildman–Crippen LogP) is -2.74. The Balaban J connectivity index is 3.08. The molecule has 0 spiro atoms. The number of carboxylic acid groups (broad SMARTS) is 1. The summed E-state index contributed by atoms with van der Waals surface area (Å²) in [4.78, 5) is 53.4. The second-order valence-electron chi connectivity index (χ2n) is 8.30. The summed E-state index contributed by atoms with van der Waals surface area (Å²) in [5, 5.41) is 36.2. The predicted molar refractivity (Wildman–Crippen MR) is 130 cm³/mol. The number of carbonyl (C=O) groups excluding carboxylic acids is 3. The molecule has 0 heterocycles. The number of rotatable bonds is 14. The smallest absolute Gasteiger partial charge is 0.326 e. The zero-order chi connectivity index (χ0) is 27.4. The monoisotopic (exact) mass is 509 g/mol. The van der Waals surface area contributed by atoms with Gasteiger partial charge in [0.15, 0.2) is 5.96 Å². The number of benzene rings is 1. The van der Waals surface area contributed by atoms with Gasteiger partial charge in [-0.25, -0.2) is 4.79 Å². The molecule has 0 aliphatic rings. The van der Waals surface area contributed by atoms with E-state index >= 15 is 0 Å². The molecule has 0 fully saturated rings. The molecule has 1 rings (SSSR count). The number of aliphatic hydroxyl groups is 1. The Kier molecular flexibility index (Phi) is 12.1. The van der Waals surface area contributed by atoms with Crippen LogP contribution in [0.4, 0.5) is 0 Å². The average Bonchev–Trinajstić information content (AvgIpc) is 2.79. The standard InChI is InChI=1S/C22H35N7O7/c1-11(23)18(32)29-17(12(2)30)20(34)28-16(10-13-5-7-14(31)8-6-13)19(33)27-15(21(35)36)4-3-9-26-22(24)25/h5-8,11-12,15-17,30-31H,3-4,9-10,23H2,1-2H3,(H,27,33)(H,28,34)(H,29,32)(H,35,36)(H4,24,25,26). The van der Waals surface area contributed by atoms with Crippen LogP contribution < -0.4 is 33.2 Å². The van der Waals surface area contributed by atoms with Crippen molar-refractivity contribution in [1.29, 1.82) is 0 Å². The number of hydrogen-bond donors (Lipinski definition) is 9. The normalized spacial score (nSPS) is 14.9. The van der Waals surface area contributed by atoms with Crippen molar-refractivity contribution in [3.05, 3.63) is 29.8 Å². The number of nitrogens with two attached hydrogens (primary N) is 3. The summed E-state index contributed by atoms with van der Waals surface area (Å²) in [5.41, 5.74) is 16.5. The number of carbonyl (C=O) groups is 4. The lowest BCUT2D eigenvalue weighted by Gasteiger charge is -2.26. The Morgan fingerprint density at radius 1 is 0.944 bits per heavy atom. The van der Waals surface area contributed by atoms with E-state index in [4.69, 9.17) is 17.2 Å². The molecule has 0 aromatic heterocycles. The number of aliphatic imine (C=N–C) groups is 1. The lowest BCUT2D eigenvalue weighted by atomic mass is 10.0. The molecule has 0 aliphatic carbocycles. The fraction of sp³-hybridized carbons (Fsp3) is 0.500. The molecule has 3 amide bonds. The van der Waals surface area contributed by atoms with E-state index in [9.17, 15) is 34.5 Å². The van der Waals surface area contributed by atoms with Gasteiger partial charge in [-0.15, -0.1) is 0 Å². The van der Waals surface area contributed by atoms with E-state index in [2.05, 4.69) is 20.9 Å². The molecule has 200 valence electrons. The number of phenolic OH excluding ortho intramolecular Hbond substituents is 1. The van der Waals surface area contributed by atoms with Crippen LogP contribution in [0, 0.1) is 0 Å². The van der Waals surface area contributed by atoms with Gasteiger partial charge in [0, 0.05) is 13.0 Å². The highest BCUT2D eigenvalue weighted by Gasteiger charge is 2.32. The Morgan fingerprint density at radius 2 is 1.53 bits per heavy atom. The van der Waals surface area contributed by atoms with Crippen molar-refractivity contribution < 1.29 is 34.5 Å². The third kappa shape index (κ3) is 10.6. The molecule has 0 aliphatic heterocycles. The van der Waals surface area contributed by atoms with Crippen molar-refractivity contribution in [2.24, 2.45) is 22.2 Å². The van der Waals surface area contributed by atoms with Crippen LogP contribution in [0.25, 0.3) is 0 Å². The third-order valence-corrected chi connectivity index (χ3v) is 5.05. The van der Waals surface area contributed by atoms with E-state index in [-0.39, 0.29) is 37.5 Å². The van der Waals surface area contributed by atoms with Gasteiger partial charge in [0.1, 0.15) is 23.9 Å². The highest BCUT2D eigenvalue weighted by Crippen LogP contribution is 2.12. The lowest BCUT2D eigenvalue weighted by Crippen LogP contribution is -2.60. The summed E-state index contributed by atoms with van der Waals surface area (Å²) in [6, 6.07) is 0.866. The largest absolute Gasteiger partial charge is 0.508 e. The van der Waals surface area contributed by atoms with Gasteiger partial charge in [0.25, 0.3) is 0 Å². The molecule has 0 saturated heterocycles. The van der Waals surface area contributed by atoms with E-state index in [1.807, 2.05) is 0 Å². The van der Waals surface area contributed by atoms with Crippen LogP contribution in [0.15, 0.2) is 29.3 Å². The maximum Gasteiger partial charge on any atom is 0.326 e. The van der Waals surface area contributed by atoms with E-state index in [1.54, 1.807) is 0 Å². The maximum absolute atomic E-state index is 13.1. The summed E-state index contributed by atoms with van der Waals surface area (Å²) in [5.74, 6) is -3.84. The van der Waals surface area contributed by atoms with Crippen molar-refractivity contribution >= 4 is 29.7 Å². The van der Waals surface area contributed by atoms with Gasteiger partial charge in [-0.05, 0) is 44.4 Å². The van der Waals surface area contributed by atoms with Crippen molar-refractivity contribution in [2.45, 2.75) is 63.4 Å². The molecule has 0 radical (unpaired) electrons. The van der Waals surface area contributed by atoms with Gasteiger partial charge >= 0.3 is 5.97 Å². The van der Waals surface area contributed by atoms with E-state index in [0.29, 0.717) is 5.56 Å². The number of nitrogens with zero attached hydrogens (tertiary/aromatic N) is 1. The first kappa shape index (κ1) is 30.1. The molecular formula is C22H35N7O7. The first-order valence-electron chi connectivity index (χ1n) is 11.2. The number of phenols is 1. The first-order chi connectivity index (χ1) is 16.8. The van der Waals surface area contributed by atoms with Crippen LogP contribution >= 0.6 is 0 Å². The minimum atomic E-state index is -1.42. The van der Waals surface area contributed by atoms with Crippen LogP contribution in [-0.2, 0) is 25.6 Å². The Hall–Kier alpha value is -3.91. The number of aliphatic carboxylic acids is 1. The molecular weight excluding hydrogens is 474 g/mol. The van der Waals surface area contributed by atoms with Crippen molar-refractivity contribution in [2.75, 3.05) is 6.54 Å². The number of aromatic hydroxyl groups is 1. The third-order valence-electron chi connectivity index (χ3n) is 5.05. The molecule has 0 saturated carbocycles. The van der Waals surface area contributed by atoms with Crippen LogP contribution in [-0.4, -0.2) is 81.8 Å². The van der Waals surface area contributed by atoms with Crippen LogP contribution in [0.3, 0.4) is 0 Å². The molecule has 5 unspecified atom stereocenters. The highest BCUT2D eigenvalue weighted by molar-refractivity contribution is 5.94. The summed E-state index contributed by atoms with van der Waals surface area (Å²) in [6.45, 7) is 2.83. The summed E-state index contributed by atoms with van der Waals surface area (Å²) in [6.07, 6.45) is -1.13. The molecule has 0 bridgehead atoms. The molecule has 12 N–H and O–H groups in total. The average molecular weight is 510 g/mol. The molecule has 1 aromatic rings. The van der Waals surface area contributed by atoms with Crippen LogP contribution in [0.2, 0.25) is 0 Å². The number of amides is 3. The van der Waals surface area contributed by atoms with Crippen molar-refractivity contribution in [3.63, 3.8) is 0 Å². The van der Waals surface area contributed by atoms with Crippen LogP contribution in [0.1, 0.15) is 32.3 Å². The second-order valence-corrected chi connectivity index (χ2v) is 8.30. The van der Waals surface area contributed by atoms with Crippen molar-refractivity contribution in [3.8, 4) is 5.75 Å². The number of hydrogen-bond acceptors (Lipinski definition) is 8. The van der Waals surface area contributed by atoms with Gasteiger partial charge in [-0.1, -0.05) is 12.1 Å². The lowest BCUT2D eigenvalue weighted by molar-refractivity contribution is -0.142. The molecule has 14 nitrogen and oxygen atoms in total. The minimum Gasteiger partial charge on any atom is -0.508 e. The fourth-order valence-corrected chi connectivity index (χ4v) is 3.06. The Bertz CT molecular complexity index is 931. The SMILES string of the molecule is CC(N)C(=O)NC(C(=O)NC(Cc1ccc(O)cc1)C(=O)NC(CCCN=C(N)N)C(=O)O)C(C)O. The number of nitrogens with one attached hydrogen (secondary N) is 3. The zero-order valence-electron chi connectivity index (χ0n) is 20.2. The van der Waals surface area contributed by atoms with E-state index in [0.717, 1.165) is 0 Å². The Labute approximate surface area is 208 Å². The van der Waals surface area contributed by atoms with E-state index < -0.39 is 54.0 Å². The summed E-state index contributed by atoms with van der Waals surface area (Å²) < 4.78 is 0. The van der Waals surface area contributed by atoms with Gasteiger partial charge < -0.3 is 48.5 Å². The quantitative estimate of drug-likeness (QED) is 0.0709. The molecule has 5 atom stereocenters. The summed E-state index contributed by atoms with van der Waals surface area (Å²) in [7, 11) is 0. The highest BCUT2D eigenvalue weighted by atomic mass is 16.4. The molecule has 14 heteroatoms. The van der Waals surface area contributed by atoms with Gasteiger partial charge in [0.2, 0.25) is 17.7 Å². The molecule has 1 aromatic carbocycles. The summed E-state index contributed by atoms with van der Waals surface area (Å²) >= 11 is 0. The minimum absolute atomic E-state index is 0.0108. The Morgan fingerprint density at radius 3 is 2.03 bits per heavy atom. The second kappa shape index (κ2) is 14.5. The fourth-order valence-electron chi connectivity index (χ4n) is 3.06. The molecule has 36 heavy (non-hydrogen) atoms. The zero-order valence-corrected chi connectivity index (χ0v) is 20.2. The first-order valence-corrected chi connectivity index (χ1v) is 11.2.